The zero-order chi connectivity index (χ0) is 14.0. The van der Waals surface area contributed by atoms with Crippen LogP contribution in [0.5, 0.6) is 0 Å². The smallest absolute Gasteiger partial charge is 0.200 e. The second-order valence-electron chi connectivity index (χ2n) is 4.39. The zero-order valence-corrected chi connectivity index (χ0v) is 11.9. The van der Waals surface area contributed by atoms with E-state index >= 15 is 0 Å². The maximum absolute atomic E-state index is 11.7. The Balaban J connectivity index is 2.39. The molecule has 2 rings (SSSR count). The number of halogens is 1. The van der Waals surface area contributed by atoms with Gasteiger partial charge >= 0.3 is 0 Å². The lowest BCUT2D eigenvalue weighted by molar-refractivity contribution is -0.111. The van der Waals surface area contributed by atoms with E-state index in [0.29, 0.717) is 5.57 Å². The predicted octanol–water partition coefficient (Wildman–Crippen LogP) is 3.84. The fourth-order valence-electron chi connectivity index (χ4n) is 1.79. The van der Waals surface area contributed by atoms with Crippen molar-refractivity contribution < 1.29 is 4.79 Å². The van der Waals surface area contributed by atoms with Crippen molar-refractivity contribution in [2.45, 2.75) is 13.8 Å². The minimum absolute atomic E-state index is 0.122. The van der Waals surface area contributed by atoms with E-state index < -0.39 is 0 Å². The van der Waals surface area contributed by atoms with Crippen LogP contribution in [0, 0.1) is 0 Å². The van der Waals surface area contributed by atoms with E-state index in [1.165, 1.54) is 0 Å². The topological polar surface area (TPSA) is 41.5 Å². The molecular formula is C15H15ClN2O. The molecule has 0 saturated carbocycles. The highest BCUT2D eigenvalue weighted by atomic mass is 35.5. The third kappa shape index (κ3) is 2.76. The minimum atomic E-state index is -0.122. The van der Waals surface area contributed by atoms with E-state index in [4.69, 9.17) is 11.6 Å². The third-order valence-corrected chi connectivity index (χ3v) is 3.48. The number of Topliss-reactive ketones (excluding diaryl/α,β-unsaturated/α-hetero) is 1. The van der Waals surface area contributed by atoms with Crippen LogP contribution in [-0.2, 0) is 4.79 Å². The second-order valence-corrected chi connectivity index (χ2v) is 4.77. The van der Waals surface area contributed by atoms with Crippen molar-refractivity contribution in [1.82, 2.24) is 0 Å². The van der Waals surface area contributed by atoms with Gasteiger partial charge in [0.05, 0.1) is 16.4 Å². The molecule has 0 saturated heterocycles. The van der Waals surface area contributed by atoms with Crippen LogP contribution >= 0.6 is 11.6 Å². The Hall–Kier alpha value is -1.87. The Morgan fingerprint density at radius 2 is 1.79 bits per heavy atom. The first-order valence-corrected chi connectivity index (χ1v) is 6.37. The molecular weight excluding hydrogens is 260 g/mol. The monoisotopic (exact) mass is 274 g/mol. The zero-order valence-electron chi connectivity index (χ0n) is 11.1. The number of hydrogen-bond donors (Lipinski definition) is 1. The van der Waals surface area contributed by atoms with Gasteiger partial charge in [-0.3, -0.25) is 4.79 Å². The molecule has 1 aromatic carbocycles. The Labute approximate surface area is 117 Å². The largest absolute Gasteiger partial charge is 0.388 e. The molecule has 19 heavy (non-hydrogen) atoms. The Morgan fingerprint density at radius 1 is 1.16 bits per heavy atom. The molecule has 4 heteroatoms. The maximum Gasteiger partial charge on any atom is 0.200 e. The second kappa shape index (κ2) is 5.41. The number of allylic oxidation sites excluding steroid dienone is 4. The number of carbonyl (C=O) groups excluding carboxylic acids is 1. The highest BCUT2D eigenvalue weighted by Crippen LogP contribution is 2.25. The van der Waals surface area contributed by atoms with Gasteiger partial charge in [0.1, 0.15) is 0 Å². The first-order valence-electron chi connectivity index (χ1n) is 5.99. The van der Waals surface area contributed by atoms with Gasteiger partial charge in [0, 0.05) is 18.3 Å². The molecule has 0 aromatic heterocycles. The lowest BCUT2D eigenvalue weighted by Gasteiger charge is -2.13. The predicted molar refractivity (Wildman–Crippen MR) is 80.4 cm³/mol. The summed E-state index contributed by atoms with van der Waals surface area (Å²) in [6.07, 6.45) is 1.77. The average molecular weight is 275 g/mol. The van der Waals surface area contributed by atoms with Gasteiger partial charge in [-0.1, -0.05) is 11.6 Å². The average Bonchev–Trinajstić information content (AvgIpc) is 2.43. The molecule has 0 spiro atoms. The van der Waals surface area contributed by atoms with Gasteiger partial charge in [0.15, 0.2) is 5.78 Å². The van der Waals surface area contributed by atoms with E-state index in [1.807, 2.05) is 38.2 Å². The number of hydrogen-bond acceptors (Lipinski definition) is 3. The van der Waals surface area contributed by atoms with Crippen molar-refractivity contribution in [1.29, 1.82) is 0 Å². The minimum Gasteiger partial charge on any atom is -0.388 e. The van der Waals surface area contributed by atoms with Crippen molar-refractivity contribution in [3.05, 3.63) is 46.5 Å². The van der Waals surface area contributed by atoms with Gasteiger partial charge in [0.2, 0.25) is 0 Å². The SMILES string of the molecule is CNc1ccc(/N=C2\C=C(C)C(=O)C(Cl)=C2C)cc1. The van der Waals surface area contributed by atoms with Gasteiger partial charge in [-0.05, 0) is 49.8 Å². The lowest BCUT2D eigenvalue weighted by atomic mass is 9.98. The van der Waals surface area contributed by atoms with E-state index in [9.17, 15) is 4.79 Å². The quantitative estimate of drug-likeness (QED) is 0.833. The number of aliphatic imine (C=N–C) groups is 1. The van der Waals surface area contributed by atoms with Gasteiger partial charge in [-0.15, -0.1) is 0 Å². The Morgan fingerprint density at radius 3 is 2.37 bits per heavy atom. The highest BCUT2D eigenvalue weighted by molar-refractivity contribution is 6.49. The van der Waals surface area contributed by atoms with Gasteiger partial charge in [-0.25, -0.2) is 4.99 Å². The van der Waals surface area contributed by atoms with Crippen LogP contribution in [0.4, 0.5) is 11.4 Å². The van der Waals surface area contributed by atoms with Crippen LogP contribution in [0.1, 0.15) is 13.8 Å². The van der Waals surface area contributed by atoms with Crippen molar-refractivity contribution >= 4 is 34.5 Å². The van der Waals surface area contributed by atoms with Crippen LogP contribution in [0.3, 0.4) is 0 Å². The molecule has 0 aliphatic heterocycles. The summed E-state index contributed by atoms with van der Waals surface area (Å²) in [6.45, 7) is 3.56. The fraction of sp³-hybridized carbons (Fsp3) is 0.200. The van der Waals surface area contributed by atoms with E-state index in [0.717, 1.165) is 22.7 Å². The summed E-state index contributed by atoms with van der Waals surface area (Å²) in [5.41, 5.74) is 3.92. The fourth-order valence-corrected chi connectivity index (χ4v) is 2.04. The van der Waals surface area contributed by atoms with Gasteiger partial charge in [0.25, 0.3) is 0 Å². The Bertz CT molecular complexity index is 610. The summed E-state index contributed by atoms with van der Waals surface area (Å²) in [7, 11) is 1.87. The first-order chi connectivity index (χ1) is 9.02. The molecule has 0 fully saturated rings. The summed E-state index contributed by atoms with van der Waals surface area (Å²) < 4.78 is 0. The van der Waals surface area contributed by atoms with Crippen LogP contribution in [0.2, 0.25) is 0 Å². The standard InChI is InChI=1S/C15H15ClN2O/c1-9-8-13(10(2)14(16)15(9)19)18-12-6-4-11(17-3)5-7-12/h4-8,17H,1-3H3/b18-13+. The van der Waals surface area contributed by atoms with E-state index in [2.05, 4.69) is 10.3 Å². The number of nitrogens with one attached hydrogen (secondary N) is 1. The van der Waals surface area contributed by atoms with E-state index in [1.54, 1.807) is 13.0 Å². The molecule has 0 radical (unpaired) electrons. The molecule has 0 unspecified atom stereocenters. The summed E-state index contributed by atoms with van der Waals surface area (Å²) >= 11 is 6.02. The number of ketones is 1. The van der Waals surface area contributed by atoms with Crippen molar-refractivity contribution in [3.8, 4) is 0 Å². The molecule has 98 valence electrons. The normalized spacial score (nSPS) is 17.8. The number of nitrogens with zero attached hydrogens (tertiary/aromatic N) is 1. The Kier molecular flexibility index (Phi) is 3.86. The maximum atomic E-state index is 11.7. The van der Waals surface area contributed by atoms with E-state index in [-0.39, 0.29) is 10.8 Å². The molecule has 0 bridgehead atoms. The molecule has 0 heterocycles. The highest BCUT2D eigenvalue weighted by Gasteiger charge is 2.20. The number of rotatable bonds is 2. The summed E-state index contributed by atoms with van der Waals surface area (Å²) in [6, 6.07) is 7.73. The molecule has 0 atom stereocenters. The molecule has 1 aliphatic rings. The van der Waals surface area contributed by atoms with Crippen LogP contribution < -0.4 is 5.32 Å². The van der Waals surface area contributed by atoms with Crippen molar-refractivity contribution in [2.24, 2.45) is 4.99 Å². The molecule has 0 amide bonds. The van der Waals surface area contributed by atoms with Crippen molar-refractivity contribution in [3.63, 3.8) is 0 Å². The first kappa shape index (κ1) is 13.6. The van der Waals surface area contributed by atoms with Gasteiger partial charge in [-0.2, -0.15) is 0 Å². The summed E-state index contributed by atoms with van der Waals surface area (Å²) in [4.78, 5) is 16.2. The summed E-state index contributed by atoms with van der Waals surface area (Å²) in [5.74, 6) is -0.122. The van der Waals surface area contributed by atoms with Gasteiger partial charge < -0.3 is 5.32 Å². The molecule has 3 nitrogen and oxygen atoms in total. The third-order valence-electron chi connectivity index (χ3n) is 3.03. The molecule has 1 aliphatic carbocycles. The lowest BCUT2D eigenvalue weighted by Crippen LogP contribution is -2.13. The number of benzene rings is 1. The van der Waals surface area contributed by atoms with Crippen molar-refractivity contribution in [2.75, 3.05) is 12.4 Å². The van der Waals surface area contributed by atoms with Crippen LogP contribution in [0.25, 0.3) is 0 Å². The van der Waals surface area contributed by atoms with Crippen LogP contribution in [-0.4, -0.2) is 18.5 Å². The molecule has 1 N–H and O–H groups in total. The summed E-state index contributed by atoms with van der Waals surface area (Å²) in [5, 5.41) is 3.31. The van der Waals surface area contributed by atoms with Crippen LogP contribution in [0.15, 0.2) is 51.5 Å². The molecule has 1 aromatic rings. The number of carbonyl (C=O) groups is 1. The number of anilines is 1.